The maximum Gasteiger partial charge on any atom is 0.472 e. The van der Waals surface area contributed by atoms with Gasteiger partial charge in [0.1, 0.15) is 19.3 Å². The summed E-state index contributed by atoms with van der Waals surface area (Å²) in [5.74, 6) is -2.38. The second-order valence-electron chi connectivity index (χ2n) is 26.3. The lowest BCUT2D eigenvalue weighted by molar-refractivity contribution is -0.161. The van der Waals surface area contributed by atoms with Crippen molar-refractivity contribution in [2.75, 3.05) is 39.6 Å². The fourth-order valence-corrected chi connectivity index (χ4v) is 11.8. The van der Waals surface area contributed by atoms with Gasteiger partial charge in [-0.15, -0.1) is 0 Å². The third-order valence-corrected chi connectivity index (χ3v) is 18.2. The van der Waals surface area contributed by atoms with Crippen molar-refractivity contribution in [3.05, 3.63) is 146 Å². The van der Waals surface area contributed by atoms with Gasteiger partial charge in [-0.3, -0.25) is 37.3 Å². The molecule has 0 aliphatic heterocycles. The lowest BCUT2D eigenvalue weighted by Gasteiger charge is -2.21. The van der Waals surface area contributed by atoms with Crippen molar-refractivity contribution >= 4 is 39.5 Å². The van der Waals surface area contributed by atoms with E-state index in [4.69, 9.17) is 37.0 Å². The van der Waals surface area contributed by atoms with Crippen LogP contribution in [-0.2, 0) is 65.4 Å². The molecule has 0 radical (unpaired) electrons. The van der Waals surface area contributed by atoms with Crippen LogP contribution in [0.5, 0.6) is 0 Å². The van der Waals surface area contributed by atoms with E-state index in [1.54, 1.807) is 6.08 Å². The van der Waals surface area contributed by atoms with Gasteiger partial charge in [0.2, 0.25) is 0 Å². The number of allylic oxidation sites excluding steroid dienone is 23. The van der Waals surface area contributed by atoms with Gasteiger partial charge in [0.05, 0.1) is 32.8 Å². The van der Waals surface area contributed by atoms with Crippen molar-refractivity contribution in [1.29, 1.82) is 0 Å². The summed E-state index contributed by atoms with van der Waals surface area (Å²) in [5, 5.41) is 10.6. The SMILES string of the molecule is CC/C=C\C/C=C\C/C=C\C/C=C\C/C=C\CCCCCC(=O)OCC(COP(=O)(O)OCC(O)COP(=O)(O)OCC(COC(=O)C/C=C\C/C=C\C/C=C\C/C=C\C/C=C\CC)OC(=O)CCCCCCC/C=C\CCCCCCCC)OC(=O)CCCCCCC/C=C\CCCCCCCC. The molecule has 0 saturated heterocycles. The van der Waals surface area contributed by atoms with Crippen LogP contribution in [-0.4, -0.2) is 96.7 Å². The summed E-state index contributed by atoms with van der Waals surface area (Å²) >= 11 is 0. The molecule has 0 aliphatic rings. The van der Waals surface area contributed by atoms with Gasteiger partial charge >= 0.3 is 39.5 Å². The standard InChI is InChI=1S/C85H142O17P2/c1-5-9-13-17-21-25-29-33-37-38-39-40-44-46-50-54-58-62-66-70-83(88)96-76-81(102-85(90)72-68-64-60-56-52-48-43-36-32-28-24-20-16-12-8-4)78-100-104(93,94)98-74-79(86)73-97-103(91,92)99-77-80(101-84(89)71-67-63-59-55-51-47-42-35-31-27-23-19-15-11-7-3)75-95-82(87)69-65-61-57-53-49-45-41-34-30-26-22-18-14-10-6-2/h9-10,13-14,21-22,25-26,33-37,39-43,46,49-50,53,61,65,79-81,86H,5-8,11-12,15-20,23-24,27-32,38,44-45,47-48,51-52,54-60,62-64,66-78H2,1-4H3,(H,91,92)(H,93,94)/b13-9-,14-10-,25-21-,26-22-,37-33-,40-39-,41-34-,42-35-,43-36-,50-46-,53-49-,65-61-. The first-order valence-electron chi connectivity index (χ1n) is 40.1. The van der Waals surface area contributed by atoms with Gasteiger partial charge in [0, 0.05) is 19.3 Å². The number of rotatable bonds is 74. The predicted molar refractivity (Wildman–Crippen MR) is 427 cm³/mol. The van der Waals surface area contributed by atoms with Gasteiger partial charge in [0.15, 0.2) is 12.2 Å². The van der Waals surface area contributed by atoms with E-state index in [9.17, 15) is 43.2 Å². The minimum absolute atomic E-state index is 0.0618. The van der Waals surface area contributed by atoms with Crippen molar-refractivity contribution in [2.24, 2.45) is 0 Å². The minimum atomic E-state index is -5.00. The van der Waals surface area contributed by atoms with Crippen LogP contribution in [0.3, 0.4) is 0 Å². The Labute approximate surface area is 630 Å². The van der Waals surface area contributed by atoms with E-state index in [-0.39, 0.29) is 25.7 Å². The van der Waals surface area contributed by atoms with Crippen molar-refractivity contribution in [3.63, 3.8) is 0 Å². The molecule has 104 heavy (non-hydrogen) atoms. The van der Waals surface area contributed by atoms with Crippen LogP contribution >= 0.6 is 15.6 Å². The summed E-state index contributed by atoms with van der Waals surface area (Å²) in [4.78, 5) is 73.0. The van der Waals surface area contributed by atoms with E-state index in [1.165, 1.54) is 77.0 Å². The minimum Gasteiger partial charge on any atom is -0.462 e. The molecule has 594 valence electrons. The van der Waals surface area contributed by atoms with Crippen LogP contribution in [0.25, 0.3) is 0 Å². The summed E-state index contributed by atoms with van der Waals surface area (Å²) in [5.41, 5.74) is 0. The maximum atomic E-state index is 13.1. The van der Waals surface area contributed by atoms with Gasteiger partial charge in [-0.2, -0.15) is 0 Å². The molecule has 0 spiro atoms. The number of hydrogen-bond donors (Lipinski definition) is 3. The van der Waals surface area contributed by atoms with Gasteiger partial charge < -0.3 is 33.8 Å². The lowest BCUT2D eigenvalue weighted by Crippen LogP contribution is -2.30. The predicted octanol–water partition coefficient (Wildman–Crippen LogP) is 23.4. The van der Waals surface area contributed by atoms with Crippen LogP contribution < -0.4 is 0 Å². The summed E-state index contributed by atoms with van der Waals surface area (Å²) < 4.78 is 68.5. The molecule has 17 nitrogen and oxygen atoms in total. The Morgan fingerprint density at radius 2 is 0.538 bits per heavy atom. The van der Waals surface area contributed by atoms with Crippen LogP contribution in [0, 0.1) is 0 Å². The highest BCUT2D eigenvalue weighted by Gasteiger charge is 2.30. The second-order valence-corrected chi connectivity index (χ2v) is 29.2. The second kappa shape index (κ2) is 76.1. The molecule has 0 saturated carbocycles. The molecule has 0 heterocycles. The van der Waals surface area contributed by atoms with Crippen LogP contribution in [0.15, 0.2) is 146 Å². The zero-order valence-electron chi connectivity index (χ0n) is 64.9. The molecule has 0 aromatic rings. The Hall–Kier alpha value is -5.06. The van der Waals surface area contributed by atoms with Crippen LogP contribution in [0.1, 0.15) is 310 Å². The molecule has 0 bridgehead atoms. The van der Waals surface area contributed by atoms with E-state index < -0.39 is 97.5 Å². The Kier molecular flexibility index (Phi) is 72.4. The summed E-state index contributed by atoms with van der Waals surface area (Å²) in [6.45, 7) is 4.47. The lowest BCUT2D eigenvalue weighted by atomic mass is 10.1. The first kappa shape index (κ1) is 98.9. The zero-order chi connectivity index (χ0) is 76.0. The third-order valence-electron chi connectivity index (χ3n) is 16.3. The van der Waals surface area contributed by atoms with Crippen molar-refractivity contribution < 1.29 is 80.2 Å². The number of unbranched alkanes of at least 4 members (excludes halogenated alkanes) is 25. The third kappa shape index (κ3) is 75.2. The maximum absolute atomic E-state index is 13.1. The Morgan fingerprint density at radius 1 is 0.288 bits per heavy atom. The topological polar surface area (TPSA) is 237 Å². The van der Waals surface area contributed by atoms with E-state index in [0.29, 0.717) is 25.7 Å². The van der Waals surface area contributed by atoms with Crippen molar-refractivity contribution in [1.82, 2.24) is 0 Å². The fraction of sp³-hybridized carbons (Fsp3) is 0.671. The quantitative estimate of drug-likeness (QED) is 0.0169. The zero-order valence-corrected chi connectivity index (χ0v) is 66.7. The molecule has 0 aromatic heterocycles. The van der Waals surface area contributed by atoms with Gasteiger partial charge in [-0.1, -0.05) is 283 Å². The molecule has 0 amide bonds. The number of aliphatic hydroxyl groups is 1. The first-order chi connectivity index (χ1) is 50.7. The number of esters is 4. The van der Waals surface area contributed by atoms with Gasteiger partial charge in [0.25, 0.3) is 0 Å². The molecule has 0 rings (SSSR count). The molecule has 5 atom stereocenters. The fourth-order valence-electron chi connectivity index (χ4n) is 10.2. The number of carbonyl (C=O) groups excluding carboxylic acids is 4. The number of phosphoric ester groups is 2. The van der Waals surface area contributed by atoms with E-state index in [2.05, 4.69) is 149 Å². The van der Waals surface area contributed by atoms with E-state index >= 15 is 0 Å². The monoisotopic (exact) mass is 1500 g/mol. The molecule has 0 aliphatic carbocycles. The van der Waals surface area contributed by atoms with Crippen LogP contribution in [0.4, 0.5) is 0 Å². The number of ether oxygens (including phenoxy) is 4. The number of aliphatic hydroxyl groups excluding tert-OH is 1. The summed E-state index contributed by atoms with van der Waals surface area (Å²) in [7, 11) is -10.0. The largest absolute Gasteiger partial charge is 0.472 e. The molecular weight excluding hydrogens is 1350 g/mol. The average Bonchev–Trinajstić information content (AvgIpc) is 0.918. The average molecular weight is 1500 g/mol. The molecule has 3 N–H and O–H groups in total. The van der Waals surface area contributed by atoms with Crippen molar-refractivity contribution in [2.45, 2.75) is 329 Å². The molecule has 19 heteroatoms. The summed E-state index contributed by atoms with van der Waals surface area (Å²) in [6, 6.07) is 0. The molecule has 0 aromatic carbocycles. The molecular formula is C85H142O17P2. The van der Waals surface area contributed by atoms with E-state index in [0.717, 1.165) is 154 Å². The normalized spacial score (nSPS) is 14.6. The molecule has 5 unspecified atom stereocenters. The summed E-state index contributed by atoms with van der Waals surface area (Å²) in [6.07, 6.45) is 87.1. The van der Waals surface area contributed by atoms with Gasteiger partial charge in [-0.05, 0) is 148 Å². The number of hydrogen-bond acceptors (Lipinski definition) is 15. The van der Waals surface area contributed by atoms with E-state index in [1.807, 2.05) is 18.2 Å². The number of phosphoric acid groups is 2. The smallest absolute Gasteiger partial charge is 0.462 e. The highest BCUT2D eigenvalue weighted by atomic mass is 31.2. The van der Waals surface area contributed by atoms with Crippen LogP contribution in [0.2, 0.25) is 0 Å². The highest BCUT2D eigenvalue weighted by Crippen LogP contribution is 2.45. The Bertz CT molecular complexity index is 2540. The first-order valence-corrected chi connectivity index (χ1v) is 43.1. The number of carbonyl (C=O) groups is 4. The molecule has 0 fully saturated rings. The van der Waals surface area contributed by atoms with Gasteiger partial charge in [-0.25, -0.2) is 9.13 Å². The Balaban J connectivity index is 5.47. The highest BCUT2D eigenvalue weighted by molar-refractivity contribution is 7.47. The Morgan fingerprint density at radius 3 is 0.875 bits per heavy atom. The van der Waals surface area contributed by atoms with Crippen molar-refractivity contribution in [3.8, 4) is 0 Å².